The maximum Gasteiger partial charge on any atom is 0.0960 e. The van der Waals surface area contributed by atoms with Crippen LogP contribution in [0.15, 0.2) is 30.6 Å². The summed E-state index contributed by atoms with van der Waals surface area (Å²) >= 11 is 0. The Morgan fingerprint density at radius 3 is 3.12 bits per heavy atom. The molecule has 1 aromatic carbocycles. The lowest BCUT2D eigenvalue weighted by atomic mass is 10.1. The second-order valence-corrected chi connectivity index (χ2v) is 4.48. The molecule has 1 fully saturated rings. The Morgan fingerprint density at radius 2 is 2.12 bits per heavy atom. The van der Waals surface area contributed by atoms with Crippen LogP contribution in [0.2, 0.25) is 0 Å². The summed E-state index contributed by atoms with van der Waals surface area (Å²) < 4.78 is 2.35. The number of nitrogens with one attached hydrogen (secondary N) is 1. The molecule has 3 rings (SSSR count). The van der Waals surface area contributed by atoms with Gasteiger partial charge in [-0.25, -0.2) is 4.98 Å². The van der Waals surface area contributed by atoms with Crippen LogP contribution in [-0.2, 0) is 0 Å². The third kappa shape index (κ3) is 1.71. The van der Waals surface area contributed by atoms with E-state index in [1.165, 1.54) is 24.8 Å². The SMILES string of the molecule is c1ccc2c(c1)ncn2C1CCCNCC1. The van der Waals surface area contributed by atoms with Gasteiger partial charge in [0, 0.05) is 6.04 Å². The first-order chi connectivity index (χ1) is 7.95. The Labute approximate surface area is 95.5 Å². The van der Waals surface area contributed by atoms with Crippen molar-refractivity contribution in [1.82, 2.24) is 14.9 Å². The van der Waals surface area contributed by atoms with Crippen LogP contribution in [0.4, 0.5) is 0 Å². The molecule has 0 spiro atoms. The molecule has 0 radical (unpaired) electrons. The molecule has 1 saturated heterocycles. The van der Waals surface area contributed by atoms with Crippen molar-refractivity contribution in [3.63, 3.8) is 0 Å². The first-order valence-electron chi connectivity index (χ1n) is 6.07. The quantitative estimate of drug-likeness (QED) is 0.791. The molecular weight excluding hydrogens is 198 g/mol. The van der Waals surface area contributed by atoms with Crippen molar-refractivity contribution in [2.75, 3.05) is 13.1 Å². The van der Waals surface area contributed by atoms with Gasteiger partial charge < -0.3 is 9.88 Å². The van der Waals surface area contributed by atoms with Gasteiger partial charge >= 0.3 is 0 Å². The predicted molar refractivity (Wildman–Crippen MR) is 65.5 cm³/mol. The van der Waals surface area contributed by atoms with Gasteiger partial charge in [0.15, 0.2) is 0 Å². The first kappa shape index (κ1) is 9.85. The summed E-state index contributed by atoms with van der Waals surface area (Å²) in [6.45, 7) is 2.28. The van der Waals surface area contributed by atoms with Crippen LogP contribution in [0.25, 0.3) is 11.0 Å². The highest BCUT2D eigenvalue weighted by Gasteiger charge is 2.15. The Bertz CT molecular complexity index is 467. The zero-order valence-electron chi connectivity index (χ0n) is 9.39. The minimum absolute atomic E-state index is 0.613. The number of rotatable bonds is 1. The maximum absolute atomic E-state index is 4.47. The van der Waals surface area contributed by atoms with Crippen LogP contribution in [-0.4, -0.2) is 22.6 Å². The van der Waals surface area contributed by atoms with Gasteiger partial charge in [-0.2, -0.15) is 0 Å². The minimum atomic E-state index is 0.613. The number of hydrogen-bond acceptors (Lipinski definition) is 2. The molecule has 0 saturated carbocycles. The zero-order valence-corrected chi connectivity index (χ0v) is 9.39. The van der Waals surface area contributed by atoms with Crippen LogP contribution in [0.3, 0.4) is 0 Å². The third-order valence-corrected chi connectivity index (χ3v) is 3.42. The fourth-order valence-corrected chi connectivity index (χ4v) is 2.55. The molecule has 1 aliphatic rings. The minimum Gasteiger partial charge on any atom is -0.327 e. The smallest absolute Gasteiger partial charge is 0.0960 e. The predicted octanol–water partition coefficient (Wildman–Crippen LogP) is 2.35. The average Bonchev–Trinajstić information content (AvgIpc) is 2.57. The molecule has 2 heterocycles. The van der Waals surface area contributed by atoms with Crippen molar-refractivity contribution in [3.8, 4) is 0 Å². The number of para-hydroxylation sites is 2. The van der Waals surface area contributed by atoms with Crippen LogP contribution in [0, 0.1) is 0 Å². The van der Waals surface area contributed by atoms with Gasteiger partial charge in [-0.15, -0.1) is 0 Å². The van der Waals surface area contributed by atoms with E-state index in [4.69, 9.17) is 0 Å². The highest BCUT2D eigenvalue weighted by atomic mass is 15.1. The summed E-state index contributed by atoms with van der Waals surface area (Å²) in [5, 5.41) is 3.45. The highest BCUT2D eigenvalue weighted by molar-refractivity contribution is 5.75. The lowest BCUT2D eigenvalue weighted by molar-refractivity contribution is 0.464. The van der Waals surface area contributed by atoms with Gasteiger partial charge in [-0.1, -0.05) is 12.1 Å². The third-order valence-electron chi connectivity index (χ3n) is 3.42. The molecule has 1 atom stereocenters. The summed E-state index contributed by atoms with van der Waals surface area (Å²) in [5.41, 5.74) is 2.38. The molecule has 1 aliphatic heterocycles. The summed E-state index contributed by atoms with van der Waals surface area (Å²) in [6.07, 6.45) is 5.73. The number of imidazole rings is 1. The zero-order chi connectivity index (χ0) is 10.8. The summed E-state index contributed by atoms with van der Waals surface area (Å²) in [4.78, 5) is 4.47. The van der Waals surface area contributed by atoms with Crippen LogP contribution in [0.5, 0.6) is 0 Å². The summed E-state index contributed by atoms with van der Waals surface area (Å²) in [5.74, 6) is 0. The van der Waals surface area contributed by atoms with Crippen molar-refractivity contribution in [1.29, 1.82) is 0 Å². The van der Waals surface area contributed by atoms with E-state index in [9.17, 15) is 0 Å². The van der Waals surface area contributed by atoms with E-state index in [0.29, 0.717) is 6.04 Å². The number of nitrogens with zero attached hydrogens (tertiary/aromatic N) is 2. The molecule has 84 valence electrons. The van der Waals surface area contributed by atoms with Crippen molar-refractivity contribution in [3.05, 3.63) is 30.6 Å². The second kappa shape index (κ2) is 4.26. The molecule has 0 aliphatic carbocycles. The lowest BCUT2D eigenvalue weighted by Gasteiger charge is -2.16. The van der Waals surface area contributed by atoms with E-state index >= 15 is 0 Å². The molecule has 3 heteroatoms. The number of aromatic nitrogens is 2. The number of benzene rings is 1. The van der Waals surface area contributed by atoms with E-state index in [0.717, 1.165) is 18.6 Å². The Hall–Kier alpha value is -1.35. The van der Waals surface area contributed by atoms with E-state index < -0.39 is 0 Å². The van der Waals surface area contributed by atoms with E-state index in [-0.39, 0.29) is 0 Å². The van der Waals surface area contributed by atoms with Gasteiger partial charge in [-0.3, -0.25) is 0 Å². The van der Waals surface area contributed by atoms with Crippen molar-refractivity contribution < 1.29 is 0 Å². The Balaban J connectivity index is 1.97. The van der Waals surface area contributed by atoms with Crippen molar-refractivity contribution in [2.45, 2.75) is 25.3 Å². The summed E-state index contributed by atoms with van der Waals surface area (Å²) in [6, 6.07) is 9.01. The fraction of sp³-hybridized carbons (Fsp3) is 0.462. The van der Waals surface area contributed by atoms with E-state index in [2.05, 4.69) is 33.1 Å². The lowest BCUT2D eigenvalue weighted by Crippen LogP contribution is -2.15. The molecule has 16 heavy (non-hydrogen) atoms. The maximum atomic E-state index is 4.47. The standard InChI is InChI=1S/C13H17N3/c1-2-6-13-12(5-1)15-10-16(13)11-4-3-8-14-9-7-11/h1-2,5-6,10-11,14H,3-4,7-9H2. The molecule has 1 aromatic heterocycles. The second-order valence-electron chi connectivity index (χ2n) is 4.48. The topological polar surface area (TPSA) is 29.9 Å². The summed E-state index contributed by atoms with van der Waals surface area (Å²) in [7, 11) is 0. The molecule has 0 bridgehead atoms. The van der Waals surface area contributed by atoms with Crippen molar-refractivity contribution in [2.24, 2.45) is 0 Å². The van der Waals surface area contributed by atoms with Crippen LogP contribution in [0.1, 0.15) is 25.3 Å². The number of fused-ring (bicyclic) bond motifs is 1. The van der Waals surface area contributed by atoms with Gasteiger partial charge in [-0.05, 0) is 44.5 Å². The van der Waals surface area contributed by atoms with Crippen LogP contribution < -0.4 is 5.32 Å². The van der Waals surface area contributed by atoms with Crippen molar-refractivity contribution >= 4 is 11.0 Å². The molecule has 1 unspecified atom stereocenters. The number of hydrogen-bond donors (Lipinski definition) is 1. The van der Waals surface area contributed by atoms with E-state index in [1.54, 1.807) is 0 Å². The molecule has 3 nitrogen and oxygen atoms in total. The average molecular weight is 215 g/mol. The van der Waals surface area contributed by atoms with Gasteiger partial charge in [0.05, 0.1) is 17.4 Å². The largest absolute Gasteiger partial charge is 0.327 e. The molecule has 1 N–H and O–H groups in total. The monoisotopic (exact) mass is 215 g/mol. The Kier molecular flexibility index (Phi) is 2.62. The molecule has 2 aromatic rings. The highest BCUT2D eigenvalue weighted by Crippen LogP contribution is 2.24. The first-order valence-corrected chi connectivity index (χ1v) is 6.07. The Morgan fingerprint density at radius 1 is 1.19 bits per heavy atom. The molecule has 0 amide bonds. The molecular formula is C13H17N3. The van der Waals surface area contributed by atoms with Gasteiger partial charge in [0.1, 0.15) is 0 Å². The van der Waals surface area contributed by atoms with Gasteiger partial charge in [0.25, 0.3) is 0 Å². The van der Waals surface area contributed by atoms with E-state index in [1.807, 2.05) is 12.4 Å². The normalized spacial score (nSPS) is 22.1. The fourth-order valence-electron chi connectivity index (χ4n) is 2.55. The van der Waals surface area contributed by atoms with Crippen LogP contribution >= 0.6 is 0 Å². The van der Waals surface area contributed by atoms with Gasteiger partial charge in [0.2, 0.25) is 0 Å².